The zero-order chi connectivity index (χ0) is 15.7. The van der Waals surface area contributed by atoms with Gasteiger partial charge in [0.1, 0.15) is 5.58 Å². The van der Waals surface area contributed by atoms with Crippen LogP contribution in [0.25, 0.3) is 11.0 Å². The molecule has 3 N–H and O–H groups in total. The Labute approximate surface area is 125 Å². The van der Waals surface area contributed by atoms with Crippen molar-refractivity contribution in [2.24, 2.45) is 0 Å². The summed E-state index contributed by atoms with van der Waals surface area (Å²) in [7, 11) is 0. The zero-order valence-electron chi connectivity index (χ0n) is 11.6. The van der Waals surface area contributed by atoms with Gasteiger partial charge in [-0.2, -0.15) is 0 Å². The molecule has 22 heavy (non-hydrogen) atoms. The number of fused-ring (bicyclic) bond motifs is 1. The second-order valence-corrected chi connectivity index (χ2v) is 5.23. The molecule has 0 saturated carbocycles. The third-order valence-electron chi connectivity index (χ3n) is 3.51. The number of phenols is 1. The normalized spacial score (nSPS) is 25.3. The van der Waals surface area contributed by atoms with Gasteiger partial charge in [0.2, 0.25) is 6.29 Å². The van der Waals surface area contributed by atoms with Gasteiger partial charge in [-0.1, -0.05) is 0 Å². The van der Waals surface area contributed by atoms with E-state index in [1.807, 2.05) is 0 Å². The number of rotatable bonds is 3. The molecule has 0 bridgehead atoms. The smallest absolute Gasteiger partial charge is 0.336 e. The van der Waals surface area contributed by atoms with E-state index >= 15 is 0 Å². The van der Waals surface area contributed by atoms with Crippen molar-refractivity contribution >= 4 is 11.0 Å². The van der Waals surface area contributed by atoms with Crippen molar-refractivity contribution in [3.8, 4) is 11.5 Å². The van der Waals surface area contributed by atoms with Gasteiger partial charge >= 0.3 is 5.63 Å². The molecule has 1 fully saturated rings. The molecule has 2 heterocycles. The number of phenolic OH excluding ortho intramolecular Hbond substituents is 1. The summed E-state index contributed by atoms with van der Waals surface area (Å²) in [5.74, 6) is -0.0526. The molecule has 3 rings (SSSR count). The lowest BCUT2D eigenvalue weighted by atomic mass is 10.1. The van der Waals surface area contributed by atoms with Gasteiger partial charge in [0.25, 0.3) is 0 Å². The standard InChI is InChI=1S/C15H16O7/c16-7-10-4-9(17)5-15(20-10)22-13-3-8-1-2-14(19)21-12(8)6-11(13)18/h1-3,6,9-10,15-18H,4-5,7H2/t9-,10-,15-/m0/s1. The van der Waals surface area contributed by atoms with Crippen LogP contribution in [-0.2, 0) is 4.74 Å². The Kier molecular flexibility index (Phi) is 4.02. The first-order chi connectivity index (χ1) is 10.5. The van der Waals surface area contributed by atoms with E-state index in [0.717, 1.165) is 0 Å². The maximum atomic E-state index is 11.2. The molecule has 0 spiro atoms. The predicted octanol–water partition coefficient (Wildman–Crippen LogP) is 0.736. The molecular formula is C15H16O7. The lowest BCUT2D eigenvalue weighted by Gasteiger charge is -2.32. The fourth-order valence-corrected chi connectivity index (χ4v) is 2.46. The molecule has 118 valence electrons. The Morgan fingerprint density at radius 3 is 2.86 bits per heavy atom. The van der Waals surface area contributed by atoms with Crippen molar-refractivity contribution in [2.75, 3.05) is 6.61 Å². The number of aliphatic hydroxyl groups excluding tert-OH is 2. The molecule has 7 nitrogen and oxygen atoms in total. The third-order valence-corrected chi connectivity index (χ3v) is 3.51. The molecule has 2 aromatic rings. The van der Waals surface area contributed by atoms with Crippen molar-refractivity contribution in [1.29, 1.82) is 0 Å². The molecular weight excluding hydrogens is 292 g/mol. The van der Waals surface area contributed by atoms with Crippen LogP contribution in [0.3, 0.4) is 0 Å². The molecule has 0 aliphatic carbocycles. The van der Waals surface area contributed by atoms with Crippen molar-refractivity contribution < 1.29 is 29.2 Å². The van der Waals surface area contributed by atoms with E-state index in [0.29, 0.717) is 11.8 Å². The third kappa shape index (κ3) is 3.06. The van der Waals surface area contributed by atoms with Crippen LogP contribution in [0.4, 0.5) is 0 Å². The highest BCUT2D eigenvalue weighted by Gasteiger charge is 2.29. The van der Waals surface area contributed by atoms with E-state index in [4.69, 9.17) is 19.0 Å². The van der Waals surface area contributed by atoms with Crippen LogP contribution in [0.15, 0.2) is 33.5 Å². The summed E-state index contributed by atoms with van der Waals surface area (Å²) in [6, 6.07) is 5.63. The van der Waals surface area contributed by atoms with Crippen molar-refractivity contribution in [1.82, 2.24) is 0 Å². The summed E-state index contributed by atoms with van der Waals surface area (Å²) in [6.45, 7) is -0.216. The van der Waals surface area contributed by atoms with E-state index in [1.165, 1.54) is 18.2 Å². The van der Waals surface area contributed by atoms with Crippen LogP contribution in [0.5, 0.6) is 11.5 Å². The molecule has 1 saturated heterocycles. The highest BCUT2D eigenvalue weighted by Crippen LogP contribution is 2.33. The Balaban J connectivity index is 1.85. The van der Waals surface area contributed by atoms with Crippen molar-refractivity contribution in [2.45, 2.75) is 31.3 Å². The Hall–Kier alpha value is -2.09. The average molecular weight is 308 g/mol. The lowest BCUT2D eigenvalue weighted by molar-refractivity contribution is -0.185. The van der Waals surface area contributed by atoms with Gasteiger partial charge in [0.05, 0.1) is 18.8 Å². The van der Waals surface area contributed by atoms with Gasteiger partial charge < -0.3 is 29.2 Å². The van der Waals surface area contributed by atoms with Crippen LogP contribution in [0, 0.1) is 0 Å². The summed E-state index contributed by atoms with van der Waals surface area (Å²) in [6.07, 6.45) is -1.35. The first kappa shape index (κ1) is 14.8. The number of benzene rings is 1. The number of ether oxygens (including phenoxy) is 2. The van der Waals surface area contributed by atoms with E-state index in [9.17, 15) is 15.0 Å². The average Bonchev–Trinajstić information content (AvgIpc) is 2.47. The summed E-state index contributed by atoms with van der Waals surface area (Å²) < 4.78 is 16.0. The number of aliphatic hydroxyl groups is 2. The predicted molar refractivity (Wildman–Crippen MR) is 75.8 cm³/mol. The first-order valence-corrected chi connectivity index (χ1v) is 6.93. The van der Waals surface area contributed by atoms with Crippen LogP contribution in [0.2, 0.25) is 0 Å². The second kappa shape index (κ2) is 5.96. The maximum absolute atomic E-state index is 11.2. The second-order valence-electron chi connectivity index (χ2n) is 5.23. The van der Waals surface area contributed by atoms with Crippen LogP contribution < -0.4 is 10.4 Å². The van der Waals surface area contributed by atoms with Gasteiger partial charge in [0.15, 0.2) is 11.5 Å². The lowest BCUT2D eigenvalue weighted by Crippen LogP contribution is -2.40. The fraction of sp³-hybridized carbons (Fsp3) is 0.400. The minimum Gasteiger partial charge on any atom is -0.504 e. The van der Waals surface area contributed by atoms with E-state index in [1.54, 1.807) is 6.07 Å². The quantitative estimate of drug-likeness (QED) is 0.717. The number of aromatic hydroxyl groups is 1. The highest BCUT2D eigenvalue weighted by molar-refractivity contribution is 5.80. The summed E-state index contributed by atoms with van der Waals surface area (Å²) in [5.41, 5.74) is -0.264. The Bertz CT molecular complexity index is 723. The largest absolute Gasteiger partial charge is 0.504 e. The Morgan fingerprint density at radius 1 is 1.27 bits per heavy atom. The molecule has 0 unspecified atom stereocenters. The molecule has 1 aromatic carbocycles. The number of hydrogen-bond acceptors (Lipinski definition) is 7. The molecule has 7 heteroatoms. The van der Waals surface area contributed by atoms with Gasteiger partial charge in [-0.05, 0) is 12.1 Å². The van der Waals surface area contributed by atoms with Crippen molar-refractivity contribution in [3.05, 3.63) is 34.7 Å². The minimum absolute atomic E-state index is 0.150. The van der Waals surface area contributed by atoms with Gasteiger partial charge in [-0.3, -0.25) is 0 Å². The molecule has 1 aromatic heterocycles. The van der Waals surface area contributed by atoms with Gasteiger partial charge in [0, 0.05) is 30.4 Å². The van der Waals surface area contributed by atoms with Gasteiger partial charge in [-0.15, -0.1) is 0 Å². The molecule has 0 amide bonds. The first-order valence-electron chi connectivity index (χ1n) is 6.93. The van der Waals surface area contributed by atoms with Gasteiger partial charge in [-0.25, -0.2) is 4.79 Å². The van der Waals surface area contributed by atoms with E-state index in [2.05, 4.69) is 0 Å². The SMILES string of the molecule is O=c1ccc2cc(O[C@H]3C[C@@H](O)C[C@@H](CO)O3)c(O)cc2o1. The Morgan fingerprint density at radius 2 is 2.09 bits per heavy atom. The fourth-order valence-electron chi connectivity index (χ4n) is 2.46. The van der Waals surface area contributed by atoms with Crippen LogP contribution >= 0.6 is 0 Å². The molecule has 1 aliphatic heterocycles. The topological polar surface area (TPSA) is 109 Å². The van der Waals surface area contributed by atoms with E-state index < -0.39 is 24.1 Å². The van der Waals surface area contributed by atoms with Crippen LogP contribution in [0.1, 0.15) is 12.8 Å². The highest BCUT2D eigenvalue weighted by atomic mass is 16.7. The summed E-state index contributed by atoms with van der Waals surface area (Å²) in [4.78, 5) is 11.2. The zero-order valence-corrected chi connectivity index (χ0v) is 11.6. The monoisotopic (exact) mass is 308 g/mol. The summed E-state index contributed by atoms with van der Waals surface area (Å²) >= 11 is 0. The van der Waals surface area contributed by atoms with Crippen molar-refractivity contribution in [3.63, 3.8) is 0 Å². The molecule has 1 aliphatic rings. The summed E-state index contributed by atoms with van der Waals surface area (Å²) in [5, 5.41) is 29.4. The van der Waals surface area contributed by atoms with Crippen LogP contribution in [-0.4, -0.2) is 40.4 Å². The molecule has 0 radical (unpaired) electrons. The minimum atomic E-state index is -0.778. The molecule has 3 atom stereocenters. The van der Waals surface area contributed by atoms with E-state index in [-0.39, 0.29) is 30.1 Å². The maximum Gasteiger partial charge on any atom is 0.336 e. The number of hydrogen-bond donors (Lipinski definition) is 3.